The molecule has 2 N–H and O–H groups in total. The number of nitrogens with one attached hydrogen (secondary N) is 2. The van der Waals surface area contributed by atoms with Gasteiger partial charge in [-0.1, -0.05) is 26.8 Å². The van der Waals surface area contributed by atoms with Crippen LogP contribution >= 0.6 is 0 Å². The minimum Gasteiger partial charge on any atom is -0.467 e. The molecule has 16 heavy (non-hydrogen) atoms. The van der Waals surface area contributed by atoms with Crippen molar-refractivity contribution in [3.05, 3.63) is 36.4 Å². The van der Waals surface area contributed by atoms with E-state index in [-0.39, 0.29) is 11.4 Å². The molecule has 1 heterocycles. The van der Waals surface area contributed by atoms with E-state index in [1.807, 2.05) is 12.1 Å². The molecular weight excluding hydrogens is 204 g/mol. The van der Waals surface area contributed by atoms with Crippen LogP contribution in [0.15, 0.2) is 35.1 Å². The summed E-state index contributed by atoms with van der Waals surface area (Å²) < 4.78 is 5.08. The summed E-state index contributed by atoms with van der Waals surface area (Å²) in [6, 6.07) is 3.36. The van der Waals surface area contributed by atoms with E-state index < -0.39 is 0 Å². The second kappa shape index (κ2) is 5.39. The molecule has 0 aliphatic heterocycles. The Kier molecular flexibility index (Phi) is 4.17. The number of carbonyl (C=O) groups is 1. The third-order valence-corrected chi connectivity index (χ3v) is 1.80. The Balaban J connectivity index is 2.24. The predicted molar refractivity (Wildman–Crippen MR) is 62.7 cm³/mol. The molecule has 0 fully saturated rings. The fourth-order valence-electron chi connectivity index (χ4n) is 0.999. The van der Waals surface area contributed by atoms with E-state index >= 15 is 0 Å². The Morgan fingerprint density at radius 3 is 2.81 bits per heavy atom. The highest BCUT2D eigenvalue weighted by molar-refractivity contribution is 5.74. The number of furan rings is 1. The van der Waals surface area contributed by atoms with E-state index in [1.54, 1.807) is 18.5 Å². The first kappa shape index (κ1) is 12.4. The average molecular weight is 222 g/mol. The van der Waals surface area contributed by atoms with Gasteiger partial charge < -0.3 is 15.1 Å². The minimum absolute atomic E-state index is 0.0638. The molecule has 1 aromatic heterocycles. The molecule has 0 aromatic carbocycles. The standard InChI is InChI=1S/C12H18N2O2/c1-12(2,3)6-7-13-11(15)14-9-10-5-4-8-16-10/h4-8H,9H2,1-3H3,(H2,13,14,15)/b7-6+. The van der Waals surface area contributed by atoms with E-state index in [4.69, 9.17) is 4.42 Å². The van der Waals surface area contributed by atoms with Crippen LogP contribution in [-0.2, 0) is 6.54 Å². The van der Waals surface area contributed by atoms with Crippen LogP contribution in [0.1, 0.15) is 26.5 Å². The molecule has 4 heteroatoms. The van der Waals surface area contributed by atoms with Gasteiger partial charge in [-0.3, -0.25) is 0 Å². The van der Waals surface area contributed by atoms with E-state index in [0.717, 1.165) is 5.76 Å². The van der Waals surface area contributed by atoms with Crippen LogP contribution in [0.25, 0.3) is 0 Å². The zero-order valence-corrected chi connectivity index (χ0v) is 9.91. The quantitative estimate of drug-likeness (QED) is 0.826. The summed E-state index contributed by atoms with van der Waals surface area (Å²) in [6.45, 7) is 6.58. The summed E-state index contributed by atoms with van der Waals surface area (Å²) in [6.07, 6.45) is 5.16. The van der Waals surface area contributed by atoms with E-state index in [1.165, 1.54) is 0 Å². The second-order valence-corrected chi connectivity index (χ2v) is 4.61. The molecule has 0 bridgehead atoms. The van der Waals surface area contributed by atoms with Crippen molar-refractivity contribution >= 4 is 6.03 Å². The molecule has 2 amide bonds. The average Bonchev–Trinajstić information content (AvgIpc) is 2.65. The lowest BCUT2D eigenvalue weighted by Gasteiger charge is -2.11. The predicted octanol–water partition coefficient (Wildman–Crippen LogP) is 2.64. The molecule has 1 rings (SSSR count). The molecule has 0 radical (unpaired) electrons. The molecule has 88 valence electrons. The third-order valence-electron chi connectivity index (χ3n) is 1.80. The van der Waals surface area contributed by atoms with Gasteiger partial charge in [0, 0.05) is 6.20 Å². The highest BCUT2D eigenvalue weighted by atomic mass is 16.3. The largest absolute Gasteiger partial charge is 0.467 e. The summed E-state index contributed by atoms with van der Waals surface area (Å²) >= 11 is 0. The maximum absolute atomic E-state index is 11.3. The van der Waals surface area contributed by atoms with Crippen molar-refractivity contribution in [3.8, 4) is 0 Å². The van der Waals surface area contributed by atoms with E-state index in [0.29, 0.717) is 6.54 Å². The van der Waals surface area contributed by atoms with Crippen molar-refractivity contribution in [3.63, 3.8) is 0 Å². The van der Waals surface area contributed by atoms with E-state index in [2.05, 4.69) is 31.4 Å². The Bertz CT molecular complexity index is 348. The number of rotatable bonds is 3. The number of carbonyl (C=O) groups excluding carboxylic acids is 1. The van der Waals surface area contributed by atoms with Crippen molar-refractivity contribution < 1.29 is 9.21 Å². The first-order valence-electron chi connectivity index (χ1n) is 5.22. The van der Waals surface area contributed by atoms with Gasteiger partial charge in [-0.2, -0.15) is 0 Å². The molecule has 0 aliphatic carbocycles. The van der Waals surface area contributed by atoms with Gasteiger partial charge >= 0.3 is 6.03 Å². The first-order chi connectivity index (χ1) is 7.47. The van der Waals surface area contributed by atoms with Crippen molar-refractivity contribution in [1.29, 1.82) is 0 Å². The lowest BCUT2D eigenvalue weighted by atomic mass is 9.97. The molecular formula is C12H18N2O2. The van der Waals surface area contributed by atoms with Gasteiger partial charge in [0.25, 0.3) is 0 Å². The van der Waals surface area contributed by atoms with Gasteiger partial charge in [0.2, 0.25) is 0 Å². The summed E-state index contributed by atoms with van der Waals surface area (Å²) in [5.41, 5.74) is 0.0638. The maximum atomic E-state index is 11.3. The number of hydrogen-bond donors (Lipinski definition) is 2. The minimum atomic E-state index is -0.239. The summed E-state index contributed by atoms with van der Waals surface area (Å²) in [5.74, 6) is 0.731. The van der Waals surface area contributed by atoms with Crippen LogP contribution in [0.3, 0.4) is 0 Å². The van der Waals surface area contributed by atoms with Crippen molar-refractivity contribution in [2.75, 3.05) is 0 Å². The number of allylic oxidation sites excluding steroid dienone is 1. The van der Waals surface area contributed by atoms with Gasteiger partial charge in [-0.05, 0) is 17.5 Å². The van der Waals surface area contributed by atoms with Crippen LogP contribution in [-0.4, -0.2) is 6.03 Å². The number of amides is 2. The zero-order valence-electron chi connectivity index (χ0n) is 9.91. The monoisotopic (exact) mass is 222 g/mol. The lowest BCUT2D eigenvalue weighted by Crippen LogP contribution is -2.31. The summed E-state index contributed by atoms with van der Waals surface area (Å²) in [4.78, 5) is 11.3. The fourth-order valence-corrected chi connectivity index (χ4v) is 0.999. The molecule has 0 unspecified atom stereocenters. The van der Waals surface area contributed by atoms with Crippen LogP contribution in [0.5, 0.6) is 0 Å². The third kappa shape index (κ3) is 5.24. The van der Waals surface area contributed by atoms with Gasteiger partial charge in [-0.25, -0.2) is 4.79 Å². The molecule has 0 saturated heterocycles. The van der Waals surface area contributed by atoms with Gasteiger partial charge in [0.05, 0.1) is 12.8 Å². The molecule has 4 nitrogen and oxygen atoms in total. The summed E-state index contributed by atoms with van der Waals surface area (Å²) in [5, 5.41) is 5.31. The Morgan fingerprint density at radius 2 is 2.25 bits per heavy atom. The summed E-state index contributed by atoms with van der Waals surface area (Å²) in [7, 11) is 0. The van der Waals surface area contributed by atoms with Crippen LogP contribution < -0.4 is 10.6 Å². The highest BCUT2D eigenvalue weighted by Crippen LogP contribution is 2.13. The SMILES string of the molecule is CC(C)(C)/C=C/NC(=O)NCc1ccco1. The van der Waals surface area contributed by atoms with Crippen molar-refractivity contribution in [1.82, 2.24) is 10.6 Å². The molecule has 0 aliphatic rings. The number of urea groups is 1. The van der Waals surface area contributed by atoms with Crippen molar-refractivity contribution in [2.24, 2.45) is 5.41 Å². The molecule has 0 spiro atoms. The smallest absolute Gasteiger partial charge is 0.319 e. The Labute approximate surface area is 95.7 Å². The Hall–Kier alpha value is -1.71. The zero-order chi connectivity index (χ0) is 12.0. The normalized spacial score (nSPS) is 11.7. The van der Waals surface area contributed by atoms with Gasteiger partial charge in [-0.15, -0.1) is 0 Å². The van der Waals surface area contributed by atoms with Gasteiger partial charge in [0.1, 0.15) is 5.76 Å². The first-order valence-corrected chi connectivity index (χ1v) is 5.22. The maximum Gasteiger partial charge on any atom is 0.319 e. The number of hydrogen-bond acceptors (Lipinski definition) is 2. The van der Waals surface area contributed by atoms with Gasteiger partial charge in [0.15, 0.2) is 0 Å². The van der Waals surface area contributed by atoms with E-state index in [9.17, 15) is 4.79 Å². The second-order valence-electron chi connectivity index (χ2n) is 4.61. The van der Waals surface area contributed by atoms with Crippen molar-refractivity contribution in [2.45, 2.75) is 27.3 Å². The van der Waals surface area contributed by atoms with Crippen LogP contribution in [0.4, 0.5) is 4.79 Å². The Morgan fingerprint density at radius 1 is 1.50 bits per heavy atom. The topological polar surface area (TPSA) is 54.3 Å². The molecule has 0 atom stereocenters. The fraction of sp³-hybridized carbons (Fsp3) is 0.417. The van der Waals surface area contributed by atoms with Crippen LogP contribution in [0.2, 0.25) is 0 Å². The molecule has 1 aromatic rings. The van der Waals surface area contributed by atoms with Crippen LogP contribution in [0, 0.1) is 5.41 Å². The highest BCUT2D eigenvalue weighted by Gasteiger charge is 2.04. The molecule has 0 saturated carbocycles. The lowest BCUT2D eigenvalue weighted by molar-refractivity contribution is 0.242.